The Balaban J connectivity index is 2.28. The third-order valence-electron chi connectivity index (χ3n) is 2.95. The van der Waals surface area contributed by atoms with E-state index in [0.717, 1.165) is 4.90 Å². The fourth-order valence-corrected chi connectivity index (χ4v) is 2.23. The summed E-state index contributed by atoms with van der Waals surface area (Å²) < 4.78 is 4.76. The fourth-order valence-electron chi connectivity index (χ4n) is 2.11. The zero-order valence-corrected chi connectivity index (χ0v) is 9.50. The van der Waals surface area contributed by atoms with E-state index in [1.165, 1.54) is 0 Å². The van der Waals surface area contributed by atoms with E-state index in [1.807, 2.05) is 0 Å². The summed E-state index contributed by atoms with van der Waals surface area (Å²) in [5.74, 6) is 0. The van der Waals surface area contributed by atoms with Crippen molar-refractivity contribution in [1.82, 2.24) is 10.2 Å². The molecule has 0 saturated carbocycles. The maximum atomic E-state index is 11.5. The van der Waals surface area contributed by atoms with Crippen molar-refractivity contribution in [3.63, 3.8) is 0 Å². The second-order valence-corrected chi connectivity index (χ2v) is 4.42. The summed E-state index contributed by atoms with van der Waals surface area (Å²) in [7, 11) is 0. The number of carbonyl (C=O) groups is 1. The van der Waals surface area contributed by atoms with Crippen molar-refractivity contribution in [2.24, 2.45) is 5.73 Å². The first-order valence-corrected chi connectivity index (χ1v) is 5.39. The van der Waals surface area contributed by atoms with Crippen LogP contribution in [0.15, 0.2) is 0 Å². The predicted molar refractivity (Wildman–Crippen MR) is 58.7 cm³/mol. The number of nitrogens with two attached hydrogens (primary N) is 1. The Bertz CT molecular complexity index is 354. The van der Waals surface area contributed by atoms with Gasteiger partial charge in [0, 0.05) is 0 Å². The van der Waals surface area contributed by atoms with E-state index in [4.69, 9.17) is 10.5 Å². The molecule has 5 atom stereocenters. The number of cyclic esters (lactones) is 1. The van der Waals surface area contributed by atoms with E-state index in [9.17, 15) is 20.1 Å². The first kappa shape index (κ1) is 12.3. The van der Waals surface area contributed by atoms with Gasteiger partial charge in [0.15, 0.2) is 5.11 Å². The third kappa shape index (κ3) is 1.90. The maximum Gasteiger partial charge on any atom is 0.412 e. The van der Waals surface area contributed by atoms with Crippen LogP contribution in [-0.2, 0) is 4.74 Å². The van der Waals surface area contributed by atoms with Crippen molar-refractivity contribution in [3.8, 4) is 0 Å². The molecule has 9 heteroatoms. The molecule has 2 rings (SSSR count). The molecule has 1 amide bonds. The van der Waals surface area contributed by atoms with Crippen molar-refractivity contribution in [2.75, 3.05) is 6.61 Å². The van der Waals surface area contributed by atoms with Crippen LogP contribution in [0.3, 0.4) is 0 Å². The molecule has 0 unspecified atom stereocenters. The summed E-state index contributed by atoms with van der Waals surface area (Å²) in [4.78, 5) is 12.6. The van der Waals surface area contributed by atoms with Gasteiger partial charge in [-0.3, -0.25) is 4.90 Å². The standard InChI is InChI=1S/C8H13N3O5S/c9-7(17)10-6-5(14)4(13)3(12)2-1-16-8(15)11(2)6/h2-6,12-14H,1H2,(H3,9,10,17)/t2-,3-,4+,5+,6+/m1/s1. The number of hydrogen-bond donors (Lipinski definition) is 5. The number of hydrogen-bond acceptors (Lipinski definition) is 6. The highest BCUT2D eigenvalue weighted by Gasteiger charge is 2.53. The van der Waals surface area contributed by atoms with Crippen LogP contribution in [0.4, 0.5) is 4.79 Å². The molecule has 0 radical (unpaired) electrons. The highest BCUT2D eigenvalue weighted by Crippen LogP contribution is 2.28. The molecule has 0 aromatic rings. The van der Waals surface area contributed by atoms with Crippen molar-refractivity contribution < 1.29 is 24.9 Å². The largest absolute Gasteiger partial charge is 0.447 e. The number of carbonyl (C=O) groups excluding carboxylic acids is 1. The molecule has 17 heavy (non-hydrogen) atoms. The van der Waals surface area contributed by atoms with Crippen LogP contribution in [0.2, 0.25) is 0 Å². The quantitative estimate of drug-likeness (QED) is 0.318. The Morgan fingerprint density at radius 2 is 2.06 bits per heavy atom. The molecule has 0 aromatic carbocycles. The summed E-state index contributed by atoms with van der Waals surface area (Å²) in [6.07, 6.45) is -5.80. The minimum atomic E-state index is -1.41. The van der Waals surface area contributed by atoms with Gasteiger partial charge in [-0.1, -0.05) is 0 Å². The van der Waals surface area contributed by atoms with Crippen LogP contribution in [0, 0.1) is 0 Å². The molecule has 2 saturated heterocycles. The average Bonchev–Trinajstić information content (AvgIpc) is 2.63. The van der Waals surface area contributed by atoms with Crippen LogP contribution in [0.25, 0.3) is 0 Å². The molecule has 2 heterocycles. The monoisotopic (exact) mass is 263 g/mol. The molecular weight excluding hydrogens is 250 g/mol. The van der Waals surface area contributed by atoms with Crippen LogP contribution in [-0.4, -0.2) is 68.6 Å². The van der Waals surface area contributed by atoms with Crippen molar-refractivity contribution in [2.45, 2.75) is 30.5 Å². The lowest BCUT2D eigenvalue weighted by atomic mass is 9.93. The Morgan fingerprint density at radius 3 is 2.65 bits per heavy atom. The van der Waals surface area contributed by atoms with Gasteiger partial charge in [0.05, 0.1) is 6.04 Å². The second kappa shape index (κ2) is 4.26. The highest BCUT2D eigenvalue weighted by atomic mass is 32.1. The Kier molecular flexibility index (Phi) is 3.08. The van der Waals surface area contributed by atoms with Crippen LogP contribution >= 0.6 is 12.2 Å². The van der Waals surface area contributed by atoms with Crippen molar-refractivity contribution in [1.29, 1.82) is 0 Å². The molecule has 2 aliphatic rings. The van der Waals surface area contributed by atoms with Crippen LogP contribution in [0.5, 0.6) is 0 Å². The number of rotatable bonds is 1. The molecular formula is C8H13N3O5S. The van der Waals surface area contributed by atoms with Crippen LogP contribution < -0.4 is 11.1 Å². The minimum Gasteiger partial charge on any atom is -0.447 e. The van der Waals surface area contributed by atoms with E-state index < -0.39 is 36.6 Å². The fraction of sp³-hybridized carbons (Fsp3) is 0.750. The lowest BCUT2D eigenvalue weighted by Gasteiger charge is -2.44. The van der Waals surface area contributed by atoms with Crippen LogP contribution in [0.1, 0.15) is 0 Å². The van der Waals surface area contributed by atoms with Gasteiger partial charge in [-0.05, 0) is 12.2 Å². The summed E-state index contributed by atoms with van der Waals surface area (Å²) >= 11 is 4.63. The summed E-state index contributed by atoms with van der Waals surface area (Å²) in [6, 6.07) is -0.729. The molecule has 0 aromatic heterocycles. The second-order valence-electron chi connectivity index (χ2n) is 3.98. The number of nitrogens with zero attached hydrogens (tertiary/aromatic N) is 1. The Morgan fingerprint density at radius 1 is 1.41 bits per heavy atom. The Hall–Kier alpha value is -1.16. The molecule has 2 fully saturated rings. The number of aliphatic hydroxyl groups excluding tert-OH is 3. The Labute approximate surface area is 102 Å². The minimum absolute atomic E-state index is 0.0563. The van der Waals surface area contributed by atoms with Gasteiger partial charge in [0.25, 0.3) is 0 Å². The number of piperidine rings is 1. The van der Waals surface area contributed by atoms with E-state index in [-0.39, 0.29) is 11.7 Å². The van der Waals surface area contributed by atoms with Gasteiger partial charge < -0.3 is 31.1 Å². The van der Waals surface area contributed by atoms with E-state index >= 15 is 0 Å². The number of amides is 1. The summed E-state index contributed by atoms with van der Waals surface area (Å²) in [5.41, 5.74) is 5.28. The number of nitrogens with one attached hydrogen (secondary N) is 1. The molecule has 6 N–H and O–H groups in total. The molecule has 0 bridgehead atoms. The van der Waals surface area contributed by atoms with Gasteiger partial charge in [0.2, 0.25) is 0 Å². The third-order valence-corrected chi connectivity index (χ3v) is 3.07. The van der Waals surface area contributed by atoms with Gasteiger partial charge in [-0.2, -0.15) is 0 Å². The average molecular weight is 263 g/mol. The number of aliphatic hydroxyl groups is 3. The lowest BCUT2D eigenvalue weighted by molar-refractivity contribution is -0.144. The lowest BCUT2D eigenvalue weighted by Crippen LogP contribution is -2.70. The number of ether oxygens (including phenoxy) is 1. The molecule has 0 aliphatic carbocycles. The smallest absolute Gasteiger partial charge is 0.412 e. The first-order chi connectivity index (χ1) is 7.93. The summed E-state index contributed by atoms with van der Waals surface area (Å²) in [6.45, 7) is -0.0563. The van der Waals surface area contributed by atoms with E-state index in [1.54, 1.807) is 0 Å². The van der Waals surface area contributed by atoms with Crippen molar-refractivity contribution in [3.05, 3.63) is 0 Å². The number of thiocarbonyl (C=S) groups is 1. The first-order valence-electron chi connectivity index (χ1n) is 4.98. The zero-order chi connectivity index (χ0) is 12.7. The molecule has 96 valence electrons. The predicted octanol–water partition coefficient (Wildman–Crippen LogP) is -2.94. The molecule has 0 spiro atoms. The normalized spacial score (nSPS) is 40.8. The highest BCUT2D eigenvalue weighted by molar-refractivity contribution is 7.80. The SMILES string of the molecule is NC(=S)N[C@@H]1[C@@H](O)[C@@H](O)[C@H](O)[C@H]2COC(=O)N21. The van der Waals surface area contributed by atoms with Gasteiger partial charge in [0.1, 0.15) is 31.1 Å². The van der Waals surface area contributed by atoms with E-state index in [0.29, 0.717) is 0 Å². The van der Waals surface area contributed by atoms with Gasteiger partial charge >= 0.3 is 6.09 Å². The van der Waals surface area contributed by atoms with Gasteiger partial charge in [-0.25, -0.2) is 4.79 Å². The number of fused-ring (bicyclic) bond motifs is 1. The topological polar surface area (TPSA) is 128 Å². The maximum absolute atomic E-state index is 11.5. The van der Waals surface area contributed by atoms with Crippen molar-refractivity contribution >= 4 is 23.4 Å². The summed E-state index contributed by atoms with van der Waals surface area (Å²) in [5, 5.41) is 31.5. The van der Waals surface area contributed by atoms with E-state index in [2.05, 4.69) is 17.5 Å². The van der Waals surface area contributed by atoms with Gasteiger partial charge in [-0.15, -0.1) is 0 Å². The molecule has 8 nitrogen and oxygen atoms in total. The zero-order valence-electron chi connectivity index (χ0n) is 8.68. The molecule has 2 aliphatic heterocycles.